The van der Waals surface area contributed by atoms with Gasteiger partial charge in [-0.15, -0.1) is 16.4 Å². The summed E-state index contributed by atoms with van der Waals surface area (Å²) in [5.74, 6) is 0.418. The molecule has 0 aromatic carbocycles. The van der Waals surface area contributed by atoms with Gasteiger partial charge in [0, 0.05) is 23.5 Å². The first-order chi connectivity index (χ1) is 9.22. The SMILES string of the molecule is CCCNC(Cc1cncs1)c1snnc1C(C)C. The smallest absolute Gasteiger partial charge is 0.0829 e. The van der Waals surface area contributed by atoms with Crippen molar-refractivity contribution in [3.05, 3.63) is 27.2 Å². The lowest BCUT2D eigenvalue weighted by Gasteiger charge is -2.17. The van der Waals surface area contributed by atoms with Gasteiger partial charge in [-0.25, -0.2) is 0 Å². The van der Waals surface area contributed by atoms with E-state index in [2.05, 4.69) is 40.7 Å². The number of hydrogen-bond donors (Lipinski definition) is 1. The number of nitrogens with zero attached hydrogens (tertiary/aromatic N) is 3. The molecule has 2 aromatic heterocycles. The van der Waals surface area contributed by atoms with Gasteiger partial charge >= 0.3 is 0 Å². The van der Waals surface area contributed by atoms with E-state index in [9.17, 15) is 0 Å². The maximum Gasteiger partial charge on any atom is 0.0829 e. The molecule has 2 heterocycles. The topological polar surface area (TPSA) is 50.7 Å². The van der Waals surface area contributed by atoms with Crippen molar-refractivity contribution in [2.24, 2.45) is 0 Å². The molecule has 0 radical (unpaired) electrons. The van der Waals surface area contributed by atoms with Gasteiger partial charge in [0.2, 0.25) is 0 Å². The monoisotopic (exact) mass is 296 g/mol. The molecule has 0 fully saturated rings. The highest BCUT2D eigenvalue weighted by atomic mass is 32.1. The minimum atomic E-state index is 0.304. The molecule has 1 N–H and O–H groups in total. The van der Waals surface area contributed by atoms with E-state index >= 15 is 0 Å². The van der Waals surface area contributed by atoms with E-state index in [0.717, 1.165) is 25.1 Å². The Kier molecular flexibility index (Phi) is 5.42. The van der Waals surface area contributed by atoms with Crippen molar-refractivity contribution in [2.45, 2.75) is 45.6 Å². The lowest BCUT2D eigenvalue weighted by Crippen LogP contribution is -2.24. The van der Waals surface area contributed by atoms with Crippen LogP contribution >= 0.6 is 22.9 Å². The Hall–Kier alpha value is -0.850. The van der Waals surface area contributed by atoms with E-state index in [-0.39, 0.29) is 0 Å². The highest BCUT2D eigenvalue weighted by Gasteiger charge is 2.21. The molecule has 0 spiro atoms. The van der Waals surface area contributed by atoms with Crippen molar-refractivity contribution in [3.63, 3.8) is 0 Å². The third-order valence-corrected chi connectivity index (χ3v) is 4.59. The zero-order chi connectivity index (χ0) is 13.7. The van der Waals surface area contributed by atoms with E-state index in [1.165, 1.54) is 21.3 Å². The third kappa shape index (κ3) is 3.81. The van der Waals surface area contributed by atoms with Crippen molar-refractivity contribution in [1.82, 2.24) is 19.9 Å². The maximum absolute atomic E-state index is 4.29. The molecule has 19 heavy (non-hydrogen) atoms. The molecule has 6 heteroatoms. The Morgan fingerprint density at radius 3 is 2.84 bits per heavy atom. The average molecular weight is 296 g/mol. The van der Waals surface area contributed by atoms with Crippen LogP contribution in [0.1, 0.15) is 54.6 Å². The van der Waals surface area contributed by atoms with Crippen molar-refractivity contribution in [2.75, 3.05) is 6.54 Å². The molecule has 2 rings (SSSR count). The van der Waals surface area contributed by atoms with Crippen LogP contribution in [-0.2, 0) is 6.42 Å². The second-order valence-electron chi connectivity index (χ2n) is 4.86. The van der Waals surface area contributed by atoms with Crippen LogP contribution in [0.5, 0.6) is 0 Å². The van der Waals surface area contributed by atoms with E-state index in [1.807, 2.05) is 11.7 Å². The molecule has 0 amide bonds. The molecule has 0 saturated heterocycles. The number of rotatable bonds is 7. The Morgan fingerprint density at radius 1 is 1.37 bits per heavy atom. The molecule has 0 bridgehead atoms. The third-order valence-electron chi connectivity index (χ3n) is 2.93. The summed E-state index contributed by atoms with van der Waals surface area (Å²) in [5.41, 5.74) is 3.02. The quantitative estimate of drug-likeness (QED) is 0.851. The second kappa shape index (κ2) is 7.07. The van der Waals surface area contributed by atoms with Crippen LogP contribution in [0.3, 0.4) is 0 Å². The van der Waals surface area contributed by atoms with Gasteiger partial charge in [0.15, 0.2) is 0 Å². The largest absolute Gasteiger partial charge is 0.309 e. The molecular formula is C13H20N4S2. The van der Waals surface area contributed by atoms with Gasteiger partial charge < -0.3 is 5.32 Å². The van der Waals surface area contributed by atoms with Gasteiger partial charge in [-0.2, -0.15) is 0 Å². The zero-order valence-corrected chi connectivity index (χ0v) is 13.2. The normalized spacial score (nSPS) is 13.1. The standard InChI is InChI=1S/C13H20N4S2/c1-4-5-15-11(6-10-7-14-8-18-10)13-12(9(2)3)16-17-19-13/h7-9,11,15H,4-6H2,1-3H3. The highest BCUT2D eigenvalue weighted by Crippen LogP contribution is 2.29. The predicted octanol–water partition coefficient (Wildman–Crippen LogP) is 3.40. The summed E-state index contributed by atoms with van der Waals surface area (Å²) in [7, 11) is 0. The molecule has 0 saturated carbocycles. The van der Waals surface area contributed by atoms with Crippen LogP contribution in [0.25, 0.3) is 0 Å². The highest BCUT2D eigenvalue weighted by molar-refractivity contribution is 7.09. The first kappa shape index (κ1) is 14.6. The van der Waals surface area contributed by atoms with Gasteiger partial charge in [-0.3, -0.25) is 4.98 Å². The molecular weight excluding hydrogens is 276 g/mol. The Bertz CT molecular complexity index is 479. The fourth-order valence-electron chi connectivity index (χ4n) is 1.97. The fourth-order valence-corrected chi connectivity index (χ4v) is 3.49. The van der Waals surface area contributed by atoms with E-state index in [0.29, 0.717) is 12.0 Å². The van der Waals surface area contributed by atoms with E-state index in [1.54, 1.807) is 11.3 Å². The Balaban J connectivity index is 2.18. The molecule has 104 valence electrons. The van der Waals surface area contributed by atoms with Gasteiger partial charge in [-0.05, 0) is 30.4 Å². The van der Waals surface area contributed by atoms with Crippen molar-refractivity contribution in [3.8, 4) is 0 Å². The summed E-state index contributed by atoms with van der Waals surface area (Å²) in [4.78, 5) is 6.73. The summed E-state index contributed by atoms with van der Waals surface area (Å²) in [6.45, 7) is 7.54. The van der Waals surface area contributed by atoms with E-state index in [4.69, 9.17) is 0 Å². The lowest BCUT2D eigenvalue weighted by molar-refractivity contribution is 0.532. The summed E-state index contributed by atoms with van der Waals surface area (Å²) in [6.07, 6.45) is 4.05. The Morgan fingerprint density at radius 2 is 2.21 bits per heavy atom. The predicted molar refractivity (Wildman–Crippen MR) is 80.9 cm³/mol. The molecule has 2 aromatic rings. The lowest BCUT2D eigenvalue weighted by atomic mass is 10.0. The maximum atomic E-state index is 4.29. The van der Waals surface area contributed by atoms with Crippen molar-refractivity contribution in [1.29, 1.82) is 0 Å². The van der Waals surface area contributed by atoms with Crippen LogP contribution in [0, 0.1) is 0 Å². The minimum Gasteiger partial charge on any atom is -0.309 e. The number of nitrogens with one attached hydrogen (secondary N) is 1. The van der Waals surface area contributed by atoms with Crippen LogP contribution in [0.4, 0.5) is 0 Å². The summed E-state index contributed by atoms with van der Waals surface area (Å²) in [5, 5.41) is 7.90. The molecule has 4 nitrogen and oxygen atoms in total. The van der Waals surface area contributed by atoms with Gasteiger partial charge in [0.1, 0.15) is 0 Å². The van der Waals surface area contributed by atoms with Gasteiger partial charge in [0.05, 0.1) is 16.1 Å². The van der Waals surface area contributed by atoms with Crippen LogP contribution in [0.2, 0.25) is 0 Å². The molecule has 0 aliphatic rings. The average Bonchev–Trinajstić information content (AvgIpc) is 3.04. The van der Waals surface area contributed by atoms with Crippen LogP contribution in [-0.4, -0.2) is 21.1 Å². The van der Waals surface area contributed by atoms with Crippen LogP contribution in [0.15, 0.2) is 11.7 Å². The fraction of sp³-hybridized carbons (Fsp3) is 0.615. The van der Waals surface area contributed by atoms with Crippen molar-refractivity contribution >= 4 is 22.9 Å². The number of hydrogen-bond acceptors (Lipinski definition) is 6. The van der Waals surface area contributed by atoms with Gasteiger partial charge in [-0.1, -0.05) is 25.3 Å². The minimum absolute atomic E-state index is 0.304. The summed E-state index contributed by atoms with van der Waals surface area (Å²) >= 11 is 3.23. The first-order valence-electron chi connectivity index (χ1n) is 6.65. The molecule has 1 atom stereocenters. The Labute approximate surface area is 122 Å². The molecule has 1 unspecified atom stereocenters. The zero-order valence-electron chi connectivity index (χ0n) is 11.6. The summed E-state index contributed by atoms with van der Waals surface area (Å²) in [6, 6.07) is 0.304. The van der Waals surface area contributed by atoms with E-state index < -0.39 is 0 Å². The summed E-state index contributed by atoms with van der Waals surface area (Å²) < 4.78 is 4.14. The van der Waals surface area contributed by atoms with Crippen molar-refractivity contribution < 1.29 is 0 Å². The molecule has 0 aliphatic carbocycles. The number of thiazole rings is 1. The second-order valence-corrected chi connectivity index (χ2v) is 6.61. The van der Waals surface area contributed by atoms with Gasteiger partial charge in [0.25, 0.3) is 0 Å². The number of aromatic nitrogens is 3. The molecule has 0 aliphatic heterocycles. The van der Waals surface area contributed by atoms with Crippen LogP contribution < -0.4 is 5.32 Å². The first-order valence-corrected chi connectivity index (χ1v) is 8.30.